The first-order chi connectivity index (χ1) is 8.67. The van der Waals surface area contributed by atoms with Gasteiger partial charge in [-0.1, -0.05) is 57.2 Å². The van der Waals surface area contributed by atoms with Gasteiger partial charge in [-0.3, -0.25) is 4.18 Å². The fraction of sp³-hybridized carbons (Fsp3) is 0.571. The molecule has 106 valence electrons. The first-order valence-electron chi connectivity index (χ1n) is 6.61. The lowest BCUT2D eigenvalue weighted by Crippen LogP contribution is -2.07. The first kappa shape index (κ1) is 18.9. The molecule has 0 fully saturated rings. The molecule has 0 aliphatic rings. The van der Waals surface area contributed by atoms with Crippen LogP contribution in [0, 0.1) is 0 Å². The molecule has 0 radical (unpaired) electrons. The van der Waals surface area contributed by atoms with Crippen LogP contribution in [-0.2, 0) is 14.3 Å². The topological polar surface area (TPSA) is 43.4 Å². The molecular weight excluding hydrogens is 273 g/mol. The molecule has 0 aliphatic carbocycles. The van der Waals surface area contributed by atoms with E-state index in [-0.39, 0.29) is 34.6 Å². The van der Waals surface area contributed by atoms with Gasteiger partial charge in [-0.05, 0) is 18.6 Å². The van der Waals surface area contributed by atoms with Crippen LogP contribution in [0.3, 0.4) is 0 Å². The number of hydrogen-bond donors (Lipinski definition) is 0. The van der Waals surface area contributed by atoms with Crippen molar-refractivity contribution in [1.82, 2.24) is 0 Å². The van der Waals surface area contributed by atoms with E-state index < -0.39 is 10.1 Å². The van der Waals surface area contributed by atoms with Crippen LogP contribution in [0.1, 0.15) is 45.4 Å². The van der Waals surface area contributed by atoms with Crippen LogP contribution >= 0.6 is 0 Å². The quantitative estimate of drug-likeness (QED) is 0.400. The molecule has 0 aromatic heterocycles. The van der Waals surface area contributed by atoms with Gasteiger partial charge >= 0.3 is 23.1 Å². The molecule has 5 heteroatoms. The molecule has 19 heavy (non-hydrogen) atoms. The largest absolute Gasteiger partial charge is 0.316 e. The summed E-state index contributed by atoms with van der Waals surface area (Å²) in [5.41, 5.74) is 0. The fourth-order valence-electron chi connectivity index (χ4n) is 1.71. The van der Waals surface area contributed by atoms with Gasteiger partial charge in [-0.2, -0.15) is 8.42 Å². The molecule has 1 aromatic rings. The predicted octanol–water partition coefficient (Wildman–Crippen LogP) is 2.84. The highest BCUT2D eigenvalue weighted by molar-refractivity contribution is 7.86. The predicted molar refractivity (Wildman–Crippen MR) is 81.5 cm³/mol. The van der Waals surface area contributed by atoms with Gasteiger partial charge in [0.05, 0.1) is 11.5 Å². The van der Waals surface area contributed by atoms with Crippen LogP contribution in [0.2, 0.25) is 0 Å². The molecule has 0 unspecified atom stereocenters. The molecule has 0 saturated heterocycles. The highest BCUT2D eigenvalue weighted by Crippen LogP contribution is 2.12. The van der Waals surface area contributed by atoms with E-state index in [4.69, 9.17) is 4.18 Å². The molecule has 0 heterocycles. The molecule has 1 aromatic carbocycles. The smallest absolute Gasteiger partial charge is 0.266 e. The van der Waals surface area contributed by atoms with Gasteiger partial charge in [0.2, 0.25) is 0 Å². The monoisotopic (exact) mass is 296 g/mol. The lowest BCUT2D eigenvalue weighted by Gasteiger charge is -2.05. The third kappa shape index (κ3) is 7.92. The Morgan fingerprint density at radius 2 is 1.53 bits per heavy atom. The molecule has 1 rings (SSSR count). The van der Waals surface area contributed by atoms with E-state index in [9.17, 15) is 8.42 Å². The summed E-state index contributed by atoms with van der Waals surface area (Å²) in [5, 5.41) is 0. The van der Waals surface area contributed by atoms with Gasteiger partial charge in [-0.15, -0.1) is 0 Å². The number of hydrogen-bond acceptors (Lipinski definition) is 3. The van der Waals surface area contributed by atoms with Crippen molar-refractivity contribution < 1.29 is 12.6 Å². The van der Waals surface area contributed by atoms with E-state index >= 15 is 0 Å². The van der Waals surface area contributed by atoms with E-state index in [2.05, 4.69) is 6.92 Å². The maximum Gasteiger partial charge on any atom is 0.316 e. The second kappa shape index (κ2) is 10.7. The summed E-state index contributed by atoms with van der Waals surface area (Å²) in [6, 6.07) is 8.28. The van der Waals surface area contributed by atoms with Gasteiger partial charge in [0.15, 0.2) is 0 Å². The summed E-state index contributed by atoms with van der Waals surface area (Å²) in [4.78, 5) is 0.232. The minimum atomic E-state index is -3.56. The van der Waals surface area contributed by atoms with E-state index in [0.717, 1.165) is 19.3 Å². The van der Waals surface area contributed by atoms with Crippen LogP contribution in [0.5, 0.6) is 0 Å². The van der Waals surface area contributed by atoms with Crippen LogP contribution in [-0.4, -0.2) is 38.1 Å². The Balaban J connectivity index is 0.00000324. The van der Waals surface area contributed by atoms with Crippen molar-refractivity contribution in [2.75, 3.05) is 6.61 Å². The zero-order valence-electron chi connectivity index (χ0n) is 11.0. The fourth-order valence-corrected chi connectivity index (χ4v) is 2.67. The highest BCUT2D eigenvalue weighted by Gasteiger charge is 2.13. The molecule has 0 amide bonds. The van der Waals surface area contributed by atoms with Crippen molar-refractivity contribution in [2.45, 2.75) is 50.3 Å². The van der Waals surface area contributed by atoms with Crippen molar-refractivity contribution in [3.8, 4) is 0 Å². The lowest BCUT2D eigenvalue weighted by molar-refractivity contribution is 0.306. The summed E-state index contributed by atoms with van der Waals surface area (Å²) < 4.78 is 28.5. The van der Waals surface area contributed by atoms with Crippen molar-refractivity contribution >= 4 is 33.2 Å². The zero-order chi connectivity index (χ0) is 13.3. The summed E-state index contributed by atoms with van der Waals surface area (Å²) in [5.74, 6) is 0. The van der Waals surface area contributed by atoms with Crippen LogP contribution < -0.4 is 0 Å². The maximum absolute atomic E-state index is 11.7. The first-order valence-corrected chi connectivity index (χ1v) is 8.02. The number of benzene rings is 1. The van der Waals surface area contributed by atoms with Crippen LogP contribution in [0.4, 0.5) is 0 Å². The van der Waals surface area contributed by atoms with Gasteiger partial charge < -0.3 is 0 Å². The van der Waals surface area contributed by atoms with Crippen molar-refractivity contribution in [3.63, 3.8) is 0 Å². The molecule has 0 N–H and O–H groups in total. The average Bonchev–Trinajstić information content (AvgIpc) is 2.39. The molecular formula is C14H24MgO3S. The van der Waals surface area contributed by atoms with Crippen LogP contribution in [0.25, 0.3) is 0 Å². The Bertz CT molecular complexity index is 418. The second-order valence-electron chi connectivity index (χ2n) is 4.36. The SMILES string of the molecule is CCCCCCCCOS(=O)(=O)c1ccccc1.[MgH2]. The molecule has 0 spiro atoms. The Kier molecular flexibility index (Phi) is 10.6. The van der Waals surface area contributed by atoms with E-state index in [1.165, 1.54) is 19.3 Å². The molecule has 0 bridgehead atoms. The van der Waals surface area contributed by atoms with Crippen molar-refractivity contribution in [2.24, 2.45) is 0 Å². The third-order valence-electron chi connectivity index (χ3n) is 2.77. The highest BCUT2D eigenvalue weighted by atomic mass is 32.2. The standard InChI is InChI=1S/C14H22O3S.Mg.2H/c1-2-3-4-5-6-10-13-17-18(15,16)14-11-8-7-9-12-14;;;/h7-9,11-12H,2-6,10,13H2,1H3;;;. The van der Waals surface area contributed by atoms with E-state index in [1.807, 2.05) is 0 Å². The van der Waals surface area contributed by atoms with Gasteiger partial charge in [0, 0.05) is 0 Å². The molecule has 0 aliphatic heterocycles. The molecule has 0 saturated carbocycles. The Labute approximate surface area is 133 Å². The van der Waals surface area contributed by atoms with E-state index in [0.29, 0.717) is 0 Å². The van der Waals surface area contributed by atoms with Gasteiger partial charge in [0.25, 0.3) is 10.1 Å². The summed E-state index contributed by atoms with van der Waals surface area (Å²) >= 11 is 0. The minimum Gasteiger partial charge on any atom is -0.266 e. The summed E-state index contributed by atoms with van der Waals surface area (Å²) in [6.45, 7) is 2.46. The van der Waals surface area contributed by atoms with Crippen molar-refractivity contribution in [1.29, 1.82) is 0 Å². The normalized spacial score (nSPS) is 11.0. The number of unbranched alkanes of at least 4 members (excludes halogenated alkanes) is 5. The Morgan fingerprint density at radius 1 is 0.947 bits per heavy atom. The summed E-state index contributed by atoms with van der Waals surface area (Å²) in [6.07, 6.45) is 6.69. The van der Waals surface area contributed by atoms with Crippen LogP contribution in [0.15, 0.2) is 35.2 Å². The maximum atomic E-state index is 11.7. The number of rotatable bonds is 9. The average molecular weight is 297 g/mol. The molecule has 0 atom stereocenters. The third-order valence-corrected chi connectivity index (χ3v) is 4.09. The Morgan fingerprint density at radius 3 is 2.16 bits per heavy atom. The van der Waals surface area contributed by atoms with Gasteiger partial charge in [-0.25, -0.2) is 0 Å². The van der Waals surface area contributed by atoms with E-state index in [1.54, 1.807) is 30.3 Å². The lowest BCUT2D eigenvalue weighted by atomic mass is 10.1. The van der Waals surface area contributed by atoms with Crippen molar-refractivity contribution in [3.05, 3.63) is 30.3 Å². The molecule has 3 nitrogen and oxygen atoms in total. The Hall–Kier alpha value is -0.104. The zero-order valence-corrected chi connectivity index (χ0v) is 11.8. The second-order valence-corrected chi connectivity index (χ2v) is 5.97. The van der Waals surface area contributed by atoms with Gasteiger partial charge in [0.1, 0.15) is 0 Å². The summed E-state index contributed by atoms with van der Waals surface area (Å²) in [7, 11) is -3.56. The minimum absolute atomic E-state index is 0.